The fourth-order valence-corrected chi connectivity index (χ4v) is 6.88. The maximum atomic E-state index is 12.2. The van der Waals surface area contributed by atoms with Crippen molar-refractivity contribution in [3.63, 3.8) is 0 Å². The lowest BCUT2D eigenvalue weighted by molar-refractivity contribution is -0.147. The number of para-hydroxylation sites is 1. The normalized spacial score (nSPS) is 39.7. The van der Waals surface area contributed by atoms with Crippen LogP contribution in [0.5, 0.6) is 5.75 Å². The highest BCUT2D eigenvalue weighted by atomic mass is 16.5. The van der Waals surface area contributed by atoms with Gasteiger partial charge in [0.1, 0.15) is 5.75 Å². The molecule has 5 rings (SSSR count). The van der Waals surface area contributed by atoms with Gasteiger partial charge in [-0.25, -0.2) is 0 Å². The molecule has 24 heavy (non-hydrogen) atoms. The molecule has 0 radical (unpaired) electrons. The van der Waals surface area contributed by atoms with E-state index in [1.54, 1.807) is 0 Å². The van der Waals surface area contributed by atoms with Gasteiger partial charge in [0.25, 0.3) is 5.91 Å². The number of amides is 1. The number of hydrogen-bond acceptors (Lipinski definition) is 2. The third-order valence-electron chi connectivity index (χ3n) is 6.52. The second-order valence-electron chi connectivity index (χ2n) is 9.51. The van der Waals surface area contributed by atoms with Gasteiger partial charge in [-0.15, -0.1) is 0 Å². The molecule has 1 aromatic rings. The molecule has 4 aliphatic rings. The van der Waals surface area contributed by atoms with Crippen LogP contribution in [0.15, 0.2) is 30.3 Å². The lowest BCUT2D eigenvalue weighted by Crippen LogP contribution is -2.58. The Labute approximate surface area is 145 Å². The van der Waals surface area contributed by atoms with Gasteiger partial charge >= 0.3 is 0 Å². The molecule has 3 nitrogen and oxygen atoms in total. The molecule has 4 saturated carbocycles. The van der Waals surface area contributed by atoms with E-state index in [9.17, 15) is 4.79 Å². The highest BCUT2D eigenvalue weighted by Gasteiger charge is 2.59. The van der Waals surface area contributed by atoms with Crippen molar-refractivity contribution >= 4 is 5.91 Å². The second-order valence-corrected chi connectivity index (χ2v) is 9.51. The summed E-state index contributed by atoms with van der Waals surface area (Å²) >= 11 is 0. The zero-order chi connectivity index (χ0) is 16.8. The summed E-state index contributed by atoms with van der Waals surface area (Å²) in [6.45, 7) is 5.89. The Hall–Kier alpha value is -1.51. The fourth-order valence-electron chi connectivity index (χ4n) is 6.88. The summed E-state index contributed by atoms with van der Waals surface area (Å²) in [7, 11) is 0. The first-order valence-corrected chi connectivity index (χ1v) is 9.32. The van der Waals surface area contributed by atoms with Crippen molar-refractivity contribution in [1.29, 1.82) is 0 Å². The highest BCUT2D eigenvalue weighted by molar-refractivity contribution is 5.77. The average molecular weight is 327 g/mol. The number of nitrogens with one attached hydrogen (secondary N) is 1. The zero-order valence-electron chi connectivity index (χ0n) is 14.9. The minimum Gasteiger partial charge on any atom is -0.484 e. The second kappa shape index (κ2) is 5.50. The van der Waals surface area contributed by atoms with Crippen LogP contribution in [-0.2, 0) is 4.79 Å². The number of ether oxygens (including phenoxy) is 1. The first-order chi connectivity index (χ1) is 11.4. The monoisotopic (exact) mass is 327 g/mol. The summed E-state index contributed by atoms with van der Waals surface area (Å²) in [5.74, 6) is 1.63. The summed E-state index contributed by atoms with van der Waals surface area (Å²) in [6, 6.07) is 9.55. The largest absolute Gasteiger partial charge is 0.484 e. The first-order valence-electron chi connectivity index (χ1n) is 9.32. The van der Waals surface area contributed by atoms with Gasteiger partial charge in [0.15, 0.2) is 6.61 Å². The van der Waals surface area contributed by atoms with Crippen LogP contribution in [0.25, 0.3) is 0 Å². The maximum absolute atomic E-state index is 12.2. The maximum Gasteiger partial charge on any atom is 0.257 e. The van der Waals surface area contributed by atoms with Crippen molar-refractivity contribution in [2.24, 2.45) is 22.2 Å². The van der Waals surface area contributed by atoms with Crippen molar-refractivity contribution in [1.82, 2.24) is 5.32 Å². The van der Waals surface area contributed by atoms with Gasteiger partial charge in [-0.2, -0.15) is 0 Å². The van der Waals surface area contributed by atoms with E-state index in [-0.39, 0.29) is 12.5 Å². The zero-order valence-corrected chi connectivity index (χ0v) is 14.9. The highest BCUT2D eigenvalue weighted by Crippen LogP contribution is 2.69. The van der Waals surface area contributed by atoms with Crippen LogP contribution in [-0.4, -0.2) is 19.1 Å². The minimum atomic E-state index is 0.00454. The van der Waals surface area contributed by atoms with E-state index < -0.39 is 0 Å². The Balaban J connectivity index is 1.35. The SMILES string of the molecule is C[C@]12CC3CC(CNC(=O)COc4ccccc4)(C1)C[C@](C)(C3)C2. The Bertz CT molecular complexity index is 608. The predicted octanol–water partition coefficient (Wildman–Crippen LogP) is 4.18. The van der Waals surface area contributed by atoms with Crippen LogP contribution in [0.3, 0.4) is 0 Å². The molecule has 0 aliphatic heterocycles. The minimum absolute atomic E-state index is 0.00454. The number of hydrogen-bond donors (Lipinski definition) is 1. The van der Waals surface area contributed by atoms with E-state index in [1.807, 2.05) is 30.3 Å². The van der Waals surface area contributed by atoms with Crippen LogP contribution in [0.2, 0.25) is 0 Å². The number of rotatable bonds is 5. The summed E-state index contributed by atoms with van der Waals surface area (Å²) in [5.41, 5.74) is 1.32. The average Bonchev–Trinajstić information content (AvgIpc) is 2.48. The molecule has 4 bridgehead atoms. The van der Waals surface area contributed by atoms with Gasteiger partial charge in [-0.3, -0.25) is 4.79 Å². The molecular weight excluding hydrogens is 298 g/mol. The Morgan fingerprint density at radius 2 is 1.75 bits per heavy atom. The van der Waals surface area contributed by atoms with Crippen LogP contribution in [0.4, 0.5) is 0 Å². The van der Waals surface area contributed by atoms with Crippen LogP contribution >= 0.6 is 0 Å². The van der Waals surface area contributed by atoms with Crippen LogP contribution < -0.4 is 10.1 Å². The number of benzene rings is 1. The molecule has 1 amide bonds. The van der Waals surface area contributed by atoms with E-state index in [0.29, 0.717) is 16.2 Å². The third kappa shape index (κ3) is 3.05. The number of carbonyl (C=O) groups is 1. The third-order valence-corrected chi connectivity index (χ3v) is 6.52. The summed E-state index contributed by atoms with van der Waals surface area (Å²) in [5, 5.41) is 3.18. The molecule has 2 atom stereocenters. The lowest BCUT2D eigenvalue weighted by atomic mass is 9.40. The lowest BCUT2D eigenvalue weighted by Gasteiger charge is -2.65. The standard InChI is InChI=1S/C21H29NO2/c1-19-8-16-9-20(2,12-19)14-21(10-16,13-19)15-22-18(23)11-24-17-6-4-3-5-7-17/h3-7,16H,8-15H2,1-2H3,(H,22,23)/t16?,19-,20-,21?/m1/s1. The van der Waals surface area contributed by atoms with Crippen molar-refractivity contribution in [3.8, 4) is 5.75 Å². The van der Waals surface area contributed by atoms with E-state index in [4.69, 9.17) is 4.74 Å². The molecule has 0 spiro atoms. The van der Waals surface area contributed by atoms with Crippen LogP contribution in [0.1, 0.15) is 52.4 Å². The van der Waals surface area contributed by atoms with E-state index in [2.05, 4.69) is 19.2 Å². The molecule has 1 N–H and O–H groups in total. The molecule has 0 heterocycles. The van der Waals surface area contributed by atoms with Gasteiger partial charge in [-0.1, -0.05) is 32.0 Å². The predicted molar refractivity (Wildman–Crippen MR) is 94.8 cm³/mol. The van der Waals surface area contributed by atoms with Crippen molar-refractivity contribution in [2.45, 2.75) is 52.4 Å². The van der Waals surface area contributed by atoms with E-state index in [1.165, 1.54) is 38.5 Å². The molecular formula is C21H29NO2. The molecule has 0 saturated heterocycles. The molecule has 1 aromatic carbocycles. The van der Waals surface area contributed by atoms with E-state index in [0.717, 1.165) is 18.2 Å². The molecule has 0 unspecified atom stereocenters. The molecule has 0 aromatic heterocycles. The molecule has 4 fully saturated rings. The van der Waals surface area contributed by atoms with Crippen LogP contribution in [0, 0.1) is 22.2 Å². The quantitative estimate of drug-likeness (QED) is 0.881. The molecule has 3 heteroatoms. The Kier molecular flexibility index (Phi) is 3.67. The number of carbonyl (C=O) groups excluding carboxylic acids is 1. The molecule has 130 valence electrons. The van der Waals surface area contributed by atoms with Gasteiger partial charge in [0.2, 0.25) is 0 Å². The van der Waals surface area contributed by atoms with Gasteiger partial charge in [0, 0.05) is 6.54 Å². The Morgan fingerprint density at radius 3 is 2.38 bits per heavy atom. The van der Waals surface area contributed by atoms with Gasteiger partial charge in [0.05, 0.1) is 0 Å². The van der Waals surface area contributed by atoms with Crippen molar-refractivity contribution < 1.29 is 9.53 Å². The van der Waals surface area contributed by atoms with Gasteiger partial charge in [-0.05, 0) is 72.8 Å². The fraction of sp³-hybridized carbons (Fsp3) is 0.667. The summed E-state index contributed by atoms with van der Waals surface area (Å²) in [6.07, 6.45) is 8.05. The summed E-state index contributed by atoms with van der Waals surface area (Å²) < 4.78 is 5.57. The van der Waals surface area contributed by atoms with Crippen molar-refractivity contribution in [3.05, 3.63) is 30.3 Å². The Morgan fingerprint density at radius 1 is 1.08 bits per heavy atom. The topological polar surface area (TPSA) is 38.3 Å². The van der Waals surface area contributed by atoms with Crippen molar-refractivity contribution in [2.75, 3.05) is 13.2 Å². The van der Waals surface area contributed by atoms with Gasteiger partial charge < -0.3 is 10.1 Å². The summed E-state index contributed by atoms with van der Waals surface area (Å²) in [4.78, 5) is 12.2. The van der Waals surface area contributed by atoms with E-state index >= 15 is 0 Å². The molecule has 4 aliphatic carbocycles. The first kappa shape index (κ1) is 16.0. The smallest absolute Gasteiger partial charge is 0.257 e.